The van der Waals surface area contributed by atoms with Crippen LogP contribution in [0.2, 0.25) is 0 Å². The molecule has 0 aliphatic heterocycles. The van der Waals surface area contributed by atoms with Gasteiger partial charge in [-0.3, -0.25) is 10.1 Å². The van der Waals surface area contributed by atoms with Gasteiger partial charge >= 0.3 is 6.01 Å². The summed E-state index contributed by atoms with van der Waals surface area (Å²) < 4.78 is 4.71. The highest BCUT2D eigenvalue weighted by Gasteiger charge is 2.04. The number of hydrogen-bond donors (Lipinski definition) is 2. The molecule has 0 radical (unpaired) electrons. The number of methoxy groups -OCH3 is 1. The number of ether oxygens (including phenoxy) is 1. The zero-order chi connectivity index (χ0) is 8.97. The highest BCUT2D eigenvalue weighted by molar-refractivity contribution is 5.88. The lowest BCUT2D eigenvalue weighted by Crippen LogP contribution is -2.10. The van der Waals surface area contributed by atoms with Crippen LogP contribution in [0, 0.1) is 0 Å². The molecule has 0 fully saturated rings. The van der Waals surface area contributed by atoms with Crippen molar-refractivity contribution in [3.8, 4) is 6.01 Å². The zero-order valence-corrected chi connectivity index (χ0v) is 6.92. The van der Waals surface area contributed by atoms with Crippen LogP contribution in [0.15, 0.2) is 0 Å². The highest BCUT2D eigenvalue weighted by Crippen LogP contribution is 2.04. The van der Waals surface area contributed by atoms with Gasteiger partial charge in [0.1, 0.15) is 0 Å². The lowest BCUT2D eigenvalue weighted by molar-refractivity contribution is -0.115. The molecule has 6 heteroatoms. The van der Waals surface area contributed by atoms with Crippen LogP contribution in [0.25, 0.3) is 0 Å². The largest absolute Gasteiger partial charge is 0.466 e. The summed E-state index contributed by atoms with van der Waals surface area (Å²) in [7, 11) is 1.45. The lowest BCUT2D eigenvalue weighted by Gasteiger charge is -1.94. The lowest BCUT2D eigenvalue weighted by atomic mass is 10.5. The maximum absolute atomic E-state index is 10.8. The minimum atomic E-state index is -0.117. The molecule has 1 rings (SSSR count). The number of aromatic amines is 1. The second-order valence-electron chi connectivity index (χ2n) is 2.07. The molecule has 0 bridgehead atoms. The Morgan fingerprint density at radius 3 is 3.00 bits per heavy atom. The third-order valence-electron chi connectivity index (χ3n) is 1.23. The van der Waals surface area contributed by atoms with E-state index < -0.39 is 0 Å². The minimum absolute atomic E-state index is 0.117. The van der Waals surface area contributed by atoms with E-state index in [2.05, 4.69) is 20.5 Å². The summed E-state index contributed by atoms with van der Waals surface area (Å²) in [5.41, 5.74) is 0. The van der Waals surface area contributed by atoms with Gasteiger partial charge in [0.05, 0.1) is 7.11 Å². The molecule has 0 unspecified atom stereocenters. The molecule has 0 aliphatic carbocycles. The first-order valence-electron chi connectivity index (χ1n) is 3.52. The molecule has 0 saturated carbocycles. The second-order valence-corrected chi connectivity index (χ2v) is 2.07. The van der Waals surface area contributed by atoms with Crippen molar-refractivity contribution in [2.75, 3.05) is 12.4 Å². The molecule has 0 saturated heterocycles. The van der Waals surface area contributed by atoms with Crippen LogP contribution in [-0.2, 0) is 4.79 Å². The second kappa shape index (κ2) is 3.70. The van der Waals surface area contributed by atoms with Gasteiger partial charge in [0, 0.05) is 6.42 Å². The standard InChI is InChI=1S/C6H10N4O2/c1-3-4(11)7-5-8-6(12-2)10-9-5/h3H2,1-2H3,(H2,7,8,9,10,11). The van der Waals surface area contributed by atoms with Gasteiger partial charge in [-0.05, 0) is 0 Å². The Labute approximate surface area is 69.3 Å². The van der Waals surface area contributed by atoms with E-state index in [4.69, 9.17) is 4.74 Å². The van der Waals surface area contributed by atoms with Crippen LogP contribution >= 0.6 is 0 Å². The normalized spacial score (nSPS) is 9.50. The molecule has 1 amide bonds. The van der Waals surface area contributed by atoms with Crippen LogP contribution in [0.5, 0.6) is 6.01 Å². The van der Waals surface area contributed by atoms with Crippen LogP contribution in [-0.4, -0.2) is 28.2 Å². The van der Waals surface area contributed by atoms with E-state index in [1.165, 1.54) is 7.11 Å². The Balaban J connectivity index is 2.58. The maximum Gasteiger partial charge on any atom is 0.336 e. The minimum Gasteiger partial charge on any atom is -0.466 e. The number of nitrogens with one attached hydrogen (secondary N) is 2. The highest BCUT2D eigenvalue weighted by atomic mass is 16.5. The van der Waals surface area contributed by atoms with Crippen LogP contribution in [0.3, 0.4) is 0 Å². The Bertz CT molecular complexity index is 270. The van der Waals surface area contributed by atoms with Gasteiger partial charge in [-0.2, -0.15) is 4.98 Å². The Hall–Kier alpha value is -1.59. The van der Waals surface area contributed by atoms with Crippen molar-refractivity contribution >= 4 is 11.9 Å². The Kier molecular flexibility index (Phi) is 2.62. The Morgan fingerprint density at radius 1 is 1.75 bits per heavy atom. The van der Waals surface area contributed by atoms with Crippen molar-refractivity contribution in [3.63, 3.8) is 0 Å². The number of nitrogens with zero attached hydrogens (tertiary/aromatic N) is 2. The smallest absolute Gasteiger partial charge is 0.336 e. The van der Waals surface area contributed by atoms with Gasteiger partial charge in [-0.15, -0.1) is 5.10 Å². The van der Waals surface area contributed by atoms with Gasteiger partial charge in [-0.1, -0.05) is 6.92 Å². The van der Waals surface area contributed by atoms with E-state index in [9.17, 15) is 4.79 Å². The fourth-order valence-corrected chi connectivity index (χ4v) is 0.614. The number of carbonyl (C=O) groups is 1. The molecule has 1 aromatic heterocycles. The van der Waals surface area contributed by atoms with Crippen LogP contribution < -0.4 is 10.1 Å². The SMILES string of the molecule is CCC(=O)Nc1nc(OC)n[nH]1. The topological polar surface area (TPSA) is 79.9 Å². The summed E-state index contributed by atoms with van der Waals surface area (Å²) >= 11 is 0. The quantitative estimate of drug-likeness (QED) is 0.677. The maximum atomic E-state index is 10.8. The number of hydrogen-bond acceptors (Lipinski definition) is 4. The van der Waals surface area contributed by atoms with Gasteiger partial charge < -0.3 is 4.74 Å². The molecule has 0 spiro atoms. The fraction of sp³-hybridized carbons (Fsp3) is 0.500. The first kappa shape index (κ1) is 8.51. The summed E-state index contributed by atoms with van der Waals surface area (Å²) in [6.45, 7) is 1.75. The van der Waals surface area contributed by atoms with Crippen molar-refractivity contribution in [3.05, 3.63) is 0 Å². The van der Waals surface area contributed by atoms with Gasteiger partial charge in [0.15, 0.2) is 0 Å². The first-order valence-corrected chi connectivity index (χ1v) is 3.52. The third kappa shape index (κ3) is 1.94. The van der Waals surface area contributed by atoms with Crippen molar-refractivity contribution in [1.82, 2.24) is 15.2 Å². The molecule has 0 aromatic carbocycles. The molecule has 6 nitrogen and oxygen atoms in total. The van der Waals surface area contributed by atoms with E-state index >= 15 is 0 Å². The van der Waals surface area contributed by atoms with E-state index in [-0.39, 0.29) is 11.9 Å². The molecule has 1 aromatic rings. The van der Waals surface area contributed by atoms with Gasteiger partial charge in [-0.25, -0.2) is 5.10 Å². The van der Waals surface area contributed by atoms with Crippen molar-refractivity contribution in [1.29, 1.82) is 0 Å². The first-order chi connectivity index (χ1) is 5.76. The van der Waals surface area contributed by atoms with Crippen molar-refractivity contribution in [2.24, 2.45) is 0 Å². The summed E-state index contributed by atoms with van der Waals surface area (Å²) in [4.78, 5) is 14.6. The molecule has 0 atom stereocenters. The third-order valence-corrected chi connectivity index (χ3v) is 1.23. The monoisotopic (exact) mass is 170 g/mol. The fourth-order valence-electron chi connectivity index (χ4n) is 0.614. The number of H-pyrrole nitrogens is 1. The van der Waals surface area contributed by atoms with E-state index in [0.29, 0.717) is 12.4 Å². The summed E-state index contributed by atoms with van der Waals surface area (Å²) in [6, 6.07) is 0.210. The molecule has 1 heterocycles. The average molecular weight is 170 g/mol. The molecular weight excluding hydrogens is 160 g/mol. The molecule has 0 aliphatic rings. The van der Waals surface area contributed by atoms with Crippen molar-refractivity contribution < 1.29 is 9.53 Å². The van der Waals surface area contributed by atoms with E-state index in [0.717, 1.165) is 0 Å². The number of rotatable bonds is 3. The van der Waals surface area contributed by atoms with E-state index in [1.807, 2.05) is 0 Å². The zero-order valence-electron chi connectivity index (χ0n) is 6.92. The summed E-state index contributed by atoms with van der Waals surface area (Å²) in [6.07, 6.45) is 0.406. The summed E-state index contributed by atoms with van der Waals surface area (Å²) in [5.74, 6) is 0.188. The van der Waals surface area contributed by atoms with Crippen LogP contribution in [0.1, 0.15) is 13.3 Å². The van der Waals surface area contributed by atoms with Crippen molar-refractivity contribution in [2.45, 2.75) is 13.3 Å². The Morgan fingerprint density at radius 2 is 2.50 bits per heavy atom. The molecule has 66 valence electrons. The number of amides is 1. The van der Waals surface area contributed by atoms with Crippen LogP contribution in [0.4, 0.5) is 5.95 Å². The molecular formula is C6H10N4O2. The average Bonchev–Trinajstić information content (AvgIpc) is 2.52. The molecule has 12 heavy (non-hydrogen) atoms. The molecule has 2 N–H and O–H groups in total. The summed E-state index contributed by atoms with van der Waals surface area (Å²) in [5, 5.41) is 8.65. The van der Waals surface area contributed by atoms with E-state index in [1.54, 1.807) is 6.92 Å². The number of anilines is 1. The predicted octanol–water partition coefficient (Wildman–Crippen LogP) is 0.162. The van der Waals surface area contributed by atoms with Gasteiger partial charge in [0.2, 0.25) is 11.9 Å². The predicted molar refractivity (Wildman–Crippen MR) is 41.9 cm³/mol. The van der Waals surface area contributed by atoms with Gasteiger partial charge in [0.25, 0.3) is 0 Å². The number of aromatic nitrogens is 3. The number of carbonyl (C=O) groups excluding carboxylic acids is 1.